The molecule has 0 spiro atoms. The SMILES string of the molecule is COc1ccc([C@H]2C3=CC[C@@H]4C(=O)NC(=O)[C@@H]4[C@@H]3C[C@H]3C(=O)N(c4cc(-c5sc6ccc(Cl)cc6c5C)nn4C)C(=O)[C@@]23C)c(O)c1. The molecule has 2 aromatic carbocycles. The summed E-state index contributed by atoms with van der Waals surface area (Å²) in [7, 11) is 3.20. The topological polar surface area (TPSA) is 131 Å². The second kappa shape index (κ2) is 10.3. The number of carbonyl (C=O) groups excluding carboxylic acids is 4. The summed E-state index contributed by atoms with van der Waals surface area (Å²) in [5, 5.41) is 20.2. The van der Waals surface area contributed by atoms with Gasteiger partial charge in [-0.3, -0.25) is 29.2 Å². The number of fused-ring (bicyclic) bond motifs is 5. The van der Waals surface area contributed by atoms with Crippen molar-refractivity contribution in [2.45, 2.75) is 32.6 Å². The van der Waals surface area contributed by atoms with Gasteiger partial charge in [-0.05, 0) is 67.8 Å². The average Bonchev–Trinajstić information content (AvgIpc) is 3.72. The van der Waals surface area contributed by atoms with Crippen LogP contribution in [0, 0.1) is 36.0 Å². The third kappa shape index (κ3) is 4.05. The molecule has 2 aliphatic heterocycles. The molecule has 4 heterocycles. The number of phenolic OH excluding ortho intramolecular Hbond substituents is 1. The van der Waals surface area contributed by atoms with Crippen molar-refractivity contribution in [3.05, 3.63) is 70.3 Å². The largest absolute Gasteiger partial charge is 0.508 e. The van der Waals surface area contributed by atoms with E-state index >= 15 is 0 Å². The molecule has 3 fully saturated rings. The second-order valence-corrected chi connectivity index (χ2v) is 14.6. The fraction of sp³-hybridized carbons (Fsp3) is 0.343. The summed E-state index contributed by atoms with van der Waals surface area (Å²) in [4.78, 5) is 57.4. The van der Waals surface area contributed by atoms with E-state index in [0.717, 1.165) is 26.1 Å². The molecule has 0 unspecified atom stereocenters. The second-order valence-electron chi connectivity index (χ2n) is 13.1. The Balaban J connectivity index is 1.26. The molecule has 0 radical (unpaired) electrons. The van der Waals surface area contributed by atoms with Crippen LogP contribution in [0.15, 0.2) is 54.1 Å². The molecule has 4 aliphatic rings. The molecule has 0 bridgehead atoms. The maximum absolute atomic E-state index is 14.8. The van der Waals surface area contributed by atoms with Crippen LogP contribution in [-0.4, -0.2) is 45.6 Å². The zero-order chi connectivity index (χ0) is 33.1. The van der Waals surface area contributed by atoms with Gasteiger partial charge in [0.25, 0.3) is 0 Å². The van der Waals surface area contributed by atoms with E-state index in [-0.39, 0.29) is 24.0 Å². The normalized spacial score (nSPS) is 28.3. The number of rotatable bonds is 4. The van der Waals surface area contributed by atoms with Crippen LogP contribution in [0.2, 0.25) is 5.02 Å². The van der Waals surface area contributed by atoms with Crippen LogP contribution in [-0.2, 0) is 26.2 Å². The van der Waals surface area contributed by atoms with E-state index in [9.17, 15) is 24.3 Å². The van der Waals surface area contributed by atoms with Crippen LogP contribution in [0.4, 0.5) is 5.82 Å². The fourth-order valence-electron chi connectivity index (χ4n) is 8.60. The summed E-state index contributed by atoms with van der Waals surface area (Å²) in [6.45, 7) is 3.78. The van der Waals surface area contributed by atoms with E-state index < -0.39 is 46.8 Å². The number of imide groups is 2. The van der Waals surface area contributed by atoms with Gasteiger partial charge in [-0.15, -0.1) is 11.3 Å². The standard InChI is InChI=1S/C35H31ClN4O6S/c1-15-21-11-16(36)5-10-26(21)47-30(15)24-14-27(39(3)38-24)40-33(44)23-13-22-18(8-9-20-28(22)32(43)37-31(20)42)29(35(23,2)34(40)45)19-7-6-17(46-4)12-25(19)41/h5-8,10-12,14,20,22-23,28-29,41H,9,13H2,1-4H3,(H,37,42,43)/t20-,22+,23-,28-,29+,35+/m0/s1. The molecule has 4 amide bonds. The minimum Gasteiger partial charge on any atom is -0.508 e. The number of ether oxygens (including phenoxy) is 1. The van der Waals surface area contributed by atoms with Crippen molar-refractivity contribution in [3.63, 3.8) is 0 Å². The lowest BCUT2D eigenvalue weighted by molar-refractivity contribution is -0.131. The van der Waals surface area contributed by atoms with Crippen LogP contribution >= 0.6 is 22.9 Å². The highest BCUT2D eigenvalue weighted by molar-refractivity contribution is 7.22. The molecule has 2 aromatic heterocycles. The van der Waals surface area contributed by atoms with Gasteiger partial charge in [-0.25, -0.2) is 4.90 Å². The van der Waals surface area contributed by atoms with Gasteiger partial charge in [-0.2, -0.15) is 5.10 Å². The lowest BCUT2D eigenvalue weighted by atomic mass is 9.51. The summed E-state index contributed by atoms with van der Waals surface area (Å²) in [6.07, 6.45) is 2.50. The number of benzene rings is 2. The lowest BCUT2D eigenvalue weighted by Crippen LogP contribution is -2.48. The Morgan fingerprint density at radius 1 is 1.09 bits per heavy atom. The molecule has 10 nitrogen and oxygen atoms in total. The van der Waals surface area contributed by atoms with E-state index in [1.165, 1.54) is 18.1 Å². The zero-order valence-corrected chi connectivity index (χ0v) is 27.6. The number of phenols is 1. The van der Waals surface area contributed by atoms with Gasteiger partial charge in [0.1, 0.15) is 23.0 Å². The van der Waals surface area contributed by atoms with Crippen molar-refractivity contribution in [1.29, 1.82) is 0 Å². The quantitative estimate of drug-likeness (QED) is 0.217. The summed E-state index contributed by atoms with van der Waals surface area (Å²) in [5.41, 5.74) is 1.59. The first-order valence-corrected chi connectivity index (χ1v) is 16.7. The van der Waals surface area contributed by atoms with Gasteiger partial charge < -0.3 is 9.84 Å². The monoisotopic (exact) mass is 670 g/mol. The number of carbonyl (C=O) groups is 4. The van der Waals surface area contributed by atoms with Crippen molar-refractivity contribution < 1.29 is 29.0 Å². The number of halogens is 1. The van der Waals surface area contributed by atoms with E-state index in [2.05, 4.69) is 5.32 Å². The number of nitrogens with zero attached hydrogens (tertiary/aromatic N) is 3. The molecule has 240 valence electrons. The molecule has 47 heavy (non-hydrogen) atoms. The Hall–Kier alpha value is -4.48. The Bertz CT molecular complexity index is 2120. The first kappa shape index (κ1) is 29.9. The number of methoxy groups -OCH3 is 1. The summed E-state index contributed by atoms with van der Waals surface area (Å²) >= 11 is 7.84. The van der Waals surface area contributed by atoms with E-state index in [1.807, 2.05) is 31.2 Å². The molecule has 2 saturated heterocycles. The average molecular weight is 671 g/mol. The molecule has 8 rings (SSSR count). The van der Waals surface area contributed by atoms with Gasteiger partial charge in [0, 0.05) is 40.4 Å². The van der Waals surface area contributed by atoms with Gasteiger partial charge in [-0.1, -0.05) is 29.3 Å². The van der Waals surface area contributed by atoms with Crippen LogP contribution in [0.5, 0.6) is 11.5 Å². The first-order chi connectivity index (χ1) is 22.4. The number of aryl methyl sites for hydroxylation is 2. The molecule has 4 aromatic rings. The number of aromatic nitrogens is 2. The Labute approximate surface area is 278 Å². The van der Waals surface area contributed by atoms with Crippen LogP contribution in [0.1, 0.15) is 36.8 Å². The number of anilines is 1. The molecule has 2 aliphatic carbocycles. The molecular weight excluding hydrogens is 640 g/mol. The van der Waals surface area contributed by atoms with Gasteiger partial charge in [0.15, 0.2) is 0 Å². The maximum Gasteiger partial charge on any atom is 0.242 e. The first-order valence-electron chi connectivity index (χ1n) is 15.5. The smallest absolute Gasteiger partial charge is 0.242 e. The van der Waals surface area contributed by atoms with Crippen molar-refractivity contribution in [3.8, 4) is 22.1 Å². The Morgan fingerprint density at radius 3 is 2.62 bits per heavy atom. The minimum atomic E-state index is -1.30. The highest BCUT2D eigenvalue weighted by Gasteiger charge is 2.67. The van der Waals surface area contributed by atoms with Crippen molar-refractivity contribution in [1.82, 2.24) is 15.1 Å². The highest BCUT2D eigenvalue weighted by Crippen LogP contribution is 2.64. The highest BCUT2D eigenvalue weighted by atomic mass is 35.5. The van der Waals surface area contributed by atoms with Gasteiger partial charge in [0.05, 0.1) is 35.2 Å². The summed E-state index contributed by atoms with van der Waals surface area (Å²) in [5.74, 6) is -3.98. The van der Waals surface area contributed by atoms with Gasteiger partial charge >= 0.3 is 0 Å². The van der Waals surface area contributed by atoms with Crippen molar-refractivity contribution >= 4 is 62.5 Å². The van der Waals surface area contributed by atoms with Crippen LogP contribution in [0.3, 0.4) is 0 Å². The van der Waals surface area contributed by atoms with Crippen molar-refractivity contribution in [2.75, 3.05) is 12.0 Å². The molecule has 2 N–H and O–H groups in total. The van der Waals surface area contributed by atoms with E-state index in [1.54, 1.807) is 48.2 Å². The van der Waals surface area contributed by atoms with E-state index in [0.29, 0.717) is 34.3 Å². The molecule has 12 heteroatoms. The van der Waals surface area contributed by atoms with E-state index in [4.69, 9.17) is 21.4 Å². The molecule has 6 atom stereocenters. The molecule has 1 saturated carbocycles. The van der Waals surface area contributed by atoms with Crippen LogP contribution < -0.4 is 15.0 Å². The predicted molar refractivity (Wildman–Crippen MR) is 176 cm³/mol. The zero-order valence-electron chi connectivity index (χ0n) is 26.0. The lowest BCUT2D eigenvalue weighted by Gasteiger charge is -2.49. The summed E-state index contributed by atoms with van der Waals surface area (Å²) in [6, 6.07) is 12.4. The summed E-state index contributed by atoms with van der Waals surface area (Å²) < 4.78 is 7.92. The number of nitrogens with one attached hydrogen (secondary N) is 1. The number of aromatic hydroxyl groups is 1. The number of allylic oxidation sites excluding steroid dienone is 2. The number of hydrogen-bond acceptors (Lipinski definition) is 8. The Kier molecular flexibility index (Phi) is 6.52. The number of thiophene rings is 1. The fourth-order valence-corrected chi connectivity index (χ4v) is 9.92. The third-order valence-electron chi connectivity index (χ3n) is 10.9. The Morgan fingerprint density at radius 2 is 1.87 bits per heavy atom. The third-order valence-corrected chi connectivity index (χ3v) is 12.4. The van der Waals surface area contributed by atoms with Crippen molar-refractivity contribution in [2.24, 2.45) is 36.1 Å². The molecular formula is C35H31ClN4O6S. The van der Waals surface area contributed by atoms with Gasteiger partial charge in [0.2, 0.25) is 23.6 Å². The number of amides is 4. The maximum atomic E-state index is 14.8. The minimum absolute atomic E-state index is 0.0770. The van der Waals surface area contributed by atoms with Crippen LogP contribution in [0.25, 0.3) is 20.7 Å². The predicted octanol–water partition coefficient (Wildman–Crippen LogP) is 5.50. The number of hydrogen-bond donors (Lipinski definition) is 2.